The van der Waals surface area contributed by atoms with Gasteiger partial charge in [0.15, 0.2) is 17.3 Å². The van der Waals surface area contributed by atoms with Crippen LogP contribution in [0.4, 0.5) is 10.6 Å². The second-order valence-corrected chi connectivity index (χ2v) is 6.53. The SMILES string of the molecule is COC(=O)C[C@@H](NC(=O)Nc1ccn(-c2ccccc2)n1)c1ccc(OC)c(OC)c1. The molecule has 0 saturated carbocycles. The number of aromatic nitrogens is 2. The zero-order valence-corrected chi connectivity index (χ0v) is 17.5. The molecule has 31 heavy (non-hydrogen) atoms. The number of carbonyl (C=O) groups excluding carboxylic acids is 2. The van der Waals surface area contributed by atoms with E-state index in [-0.39, 0.29) is 6.42 Å². The zero-order valence-electron chi connectivity index (χ0n) is 17.5. The number of urea groups is 1. The number of carbonyl (C=O) groups is 2. The van der Waals surface area contributed by atoms with E-state index in [1.54, 1.807) is 35.1 Å². The van der Waals surface area contributed by atoms with Gasteiger partial charge in [0.05, 0.1) is 39.5 Å². The van der Waals surface area contributed by atoms with Crippen molar-refractivity contribution < 1.29 is 23.8 Å². The molecule has 0 unspecified atom stereocenters. The number of amides is 2. The lowest BCUT2D eigenvalue weighted by Crippen LogP contribution is -2.34. The number of benzene rings is 2. The Hall–Kier alpha value is -4.01. The quantitative estimate of drug-likeness (QED) is 0.538. The molecular formula is C22H24N4O5. The molecule has 3 rings (SSSR count). The van der Waals surface area contributed by atoms with E-state index in [0.29, 0.717) is 22.9 Å². The van der Waals surface area contributed by atoms with Gasteiger partial charge in [-0.25, -0.2) is 9.48 Å². The Labute approximate surface area is 179 Å². The topological polar surface area (TPSA) is 104 Å². The van der Waals surface area contributed by atoms with Crippen molar-refractivity contribution in [3.8, 4) is 17.2 Å². The molecule has 1 heterocycles. The first-order chi connectivity index (χ1) is 15.0. The molecule has 3 aromatic rings. The predicted octanol–water partition coefficient (Wildman–Crippen LogP) is 3.32. The number of para-hydroxylation sites is 1. The van der Waals surface area contributed by atoms with Gasteiger partial charge in [0.25, 0.3) is 0 Å². The number of rotatable bonds is 8. The Morgan fingerprint density at radius 2 is 1.74 bits per heavy atom. The second-order valence-electron chi connectivity index (χ2n) is 6.53. The maximum atomic E-state index is 12.6. The number of hydrogen-bond acceptors (Lipinski definition) is 6. The summed E-state index contributed by atoms with van der Waals surface area (Å²) in [6.07, 6.45) is 1.68. The molecular weight excluding hydrogens is 400 g/mol. The molecule has 0 radical (unpaired) electrons. The molecule has 0 fully saturated rings. The molecule has 2 N–H and O–H groups in total. The summed E-state index contributed by atoms with van der Waals surface area (Å²) in [5, 5.41) is 9.82. The fraction of sp³-hybridized carbons (Fsp3) is 0.227. The number of anilines is 1. The van der Waals surface area contributed by atoms with Gasteiger partial charge in [-0.2, -0.15) is 0 Å². The van der Waals surface area contributed by atoms with Crippen molar-refractivity contribution in [1.82, 2.24) is 15.1 Å². The average Bonchev–Trinajstić information content (AvgIpc) is 3.26. The van der Waals surface area contributed by atoms with Crippen LogP contribution in [0.3, 0.4) is 0 Å². The molecule has 2 aromatic carbocycles. The van der Waals surface area contributed by atoms with Crippen LogP contribution in [-0.2, 0) is 9.53 Å². The van der Waals surface area contributed by atoms with Crippen LogP contribution in [-0.4, -0.2) is 43.1 Å². The molecule has 0 aliphatic rings. The van der Waals surface area contributed by atoms with Crippen molar-refractivity contribution in [2.45, 2.75) is 12.5 Å². The van der Waals surface area contributed by atoms with E-state index in [1.807, 2.05) is 30.3 Å². The standard InChI is InChI=1S/C22H24N4O5/c1-29-18-10-9-15(13-19(18)30-2)17(14-21(27)31-3)23-22(28)24-20-11-12-26(25-20)16-7-5-4-6-8-16/h4-13,17H,14H2,1-3H3,(H2,23,24,25,28)/t17-/m1/s1. The van der Waals surface area contributed by atoms with Gasteiger partial charge in [-0.3, -0.25) is 10.1 Å². The molecule has 2 amide bonds. The van der Waals surface area contributed by atoms with Crippen LogP contribution in [0.25, 0.3) is 5.69 Å². The van der Waals surface area contributed by atoms with Gasteiger partial charge in [0.1, 0.15) is 0 Å². The minimum Gasteiger partial charge on any atom is -0.493 e. The van der Waals surface area contributed by atoms with Crippen LogP contribution in [0.2, 0.25) is 0 Å². The monoisotopic (exact) mass is 424 g/mol. The molecule has 0 aliphatic heterocycles. The molecule has 0 spiro atoms. The van der Waals surface area contributed by atoms with Gasteiger partial charge < -0.3 is 19.5 Å². The van der Waals surface area contributed by atoms with E-state index < -0.39 is 18.0 Å². The molecule has 162 valence electrons. The number of ether oxygens (including phenoxy) is 3. The Bertz CT molecular complexity index is 1040. The predicted molar refractivity (Wildman–Crippen MR) is 115 cm³/mol. The van der Waals surface area contributed by atoms with E-state index in [1.165, 1.54) is 21.3 Å². The third-order valence-electron chi connectivity index (χ3n) is 4.57. The number of nitrogens with zero attached hydrogens (tertiary/aromatic N) is 2. The van der Waals surface area contributed by atoms with Crippen molar-refractivity contribution in [2.24, 2.45) is 0 Å². The molecule has 0 bridgehead atoms. The third-order valence-corrected chi connectivity index (χ3v) is 4.57. The van der Waals surface area contributed by atoms with E-state index in [0.717, 1.165) is 5.69 Å². The maximum Gasteiger partial charge on any atom is 0.320 e. The van der Waals surface area contributed by atoms with Gasteiger partial charge in [-0.05, 0) is 29.8 Å². The Morgan fingerprint density at radius 3 is 2.42 bits per heavy atom. The van der Waals surface area contributed by atoms with Gasteiger partial charge in [-0.15, -0.1) is 5.10 Å². The van der Waals surface area contributed by atoms with E-state index >= 15 is 0 Å². The first-order valence-corrected chi connectivity index (χ1v) is 9.51. The number of nitrogens with one attached hydrogen (secondary N) is 2. The largest absolute Gasteiger partial charge is 0.493 e. The summed E-state index contributed by atoms with van der Waals surface area (Å²) in [6.45, 7) is 0. The summed E-state index contributed by atoms with van der Waals surface area (Å²) in [5.41, 5.74) is 1.53. The summed E-state index contributed by atoms with van der Waals surface area (Å²) >= 11 is 0. The zero-order chi connectivity index (χ0) is 22.2. The lowest BCUT2D eigenvalue weighted by atomic mass is 10.0. The van der Waals surface area contributed by atoms with Gasteiger partial charge in [0.2, 0.25) is 0 Å². The van der Waals surface area contributed by atoms with Crippen LogP contribution in [0.15, 0.2) is 60.8 Å². The smallest absolute Gasteiger partial charge is 0.320 e. The fourth-order valence-electron chi connectivity index (χ4n) is 3.00. The molecule has 0 aliphatic carbocycles. The fourth-order valence-corrected chi connectivity index (χ4v) is 3.00. The van der Waals surface area contributed by atoms with Gasteiger partial charge in [0, 0.05) is 12.3 Å². The lowest BCUT2D eigenvalue weighted by molar-refractivity contribution is -0.141. The maximum absolute atomic E-state index is 12.6. The van der Waals surface area contributed by atoms with Crippen molar-refractivity contribution in [1.29, 1.82) is 0 Å². The molecule has 9 nitrogen and oxygen atoms in total. The number of esters is 1. The van der Waals surface area contributed by atoms with E-state index in [9.17, 15) is 9.59 Å². The lowest BCUT2D eigenvalue weighted by Gasteiger charge is -2.19. The Balaban J connectivity index is 1.75. The van der Waals surface area contributed by atoms with Crippen molar-refractivity contribution in [3.63, 3.8) is 0 Å². The first kappa shape index (κ1) is 21.7. The third kappa shape index (κ3) is 5.53. The highest BCUT2D eigenvalue weighted by Gasteiger charge is 2.21. The van der Waals surface area contributed by atoms with Gasteiger partial charge in [-0.1, -0.05) is 24.3 Å². The van der Waals surface area contributed by atoms with E-state index in [2.05, 4.69) is 15.7 Å². The van der Waals surface area contributed by atoms with Gasteiger partial charge >= 0.3 is 12.0 Å². The Morgan fingerprint density at radius 1 is 1.00 bits per heavy atom. The molecule has 9 heteroatoms. The van der Waals surface area contributed by atoms with E-state index in [4.69, 9.17) is 14.2 Å². The minimum atomic E-state index is -0.650. The first-order valence-electron chi connectivity index (χ1n) is 9.51. The molecule has 1 atom stereocenters. The van der Waals surface area contributed by atoms with Crippen LogP contribution >= 0.6 is 0 Å². The summed E-state index contributed by atoms with van der Waals surface area (Å²) < 4.78 is 17.0. The molecule has 0 saturated heterocycles. The Kier molecular flexibility index (Phi) is 7.10. The highest BCUT2D eigenvalue weighted by Crippen LogP contribution is 2.31. The van der Waals surface area contributed by atoms with Crippen molar-refractivity contribution in [2.75, 3.05) is 26.6 Å². The van der Waals surface area contributed by atoms with Crippen LogP contribution in [0.1, 0.15) is 18.0 Å². The number of methoxy groups -OCH3 is 3. The summed E-state index contributed by atoms with van der Waals surface area (Å²) in [6, 6.07) is 15.2. The van der Waals surface area contributed by atoms with Crippen molar-refractivity contribution in [3.05, 3.63) is 66.4 Å². The van der Waals surface area contributed by atoms with Crippen LogP contribution in [0, 0.1) is 0 Å². The summed E-state index contributed by atoms with van der Waals surface area (Å²) in [4.78, 5) is 24.5. The van der Waals surface area contributed by atoms with Crippen LogP contribution in [0.5, 0.6) is 11.5 Å². The van der Waals surface area contributed by atoms with Crippen LogP contribution < -0.4 is 20.1 Å². The highest BCUT2D eigenvalue weighted by atomic mass is 16.5. The highest BCUT2D eigenvalue weighted by molar-refractivity contribution is 5.89. The summed E-state index contributed by atoms with van der Waals surface area (Å²) in [5.74, 6) is 0.927. The second kappa shape index (κ2) is 10.1. The minimum absolute atomic E-state index is 0.0577. The molecule has 1 aromatic heterocycles. The normalized spacial score (nSPS) is 11.3. The summed E-state index contributed by atoms with van der Waals surface area (Å²) in [7, 11) is 4.34. The average molecular weight is 424 g/mol. The van der Waals surface area contributed by atoms with Crippen molar-refractivity contribution >= 4 is 17.8 Å². The number of hydrogen-bond donors (Lipinski definition) is 2.